The first-order valence-electron chi connectivity index (χ1n) is 6.33. The van der Waals surface area contributed by atoms with Gasteiger partial charge in [0.05, 0.1) is 0 Å². The zero-order chi connectivity index (χ0) is 12.3. The van der Waals surface area contributed by atoms with Crippen molar-refractivity contribution in [2.45, 2.75) is 31.8 Å². The fourth-order valence-corrected chi connectivity index (χ4v) is 3.15. The molecule has 1 aromatic carbocycles. The summed E-state index contributed by atoms with van der Waals surface area (Å²) in [5, 5.41) is 0. The van der Waals surface area contributed by atoms with Crippen LogP contribution in [0.2, 0.25) is 0 Å². The molecule has 2 rings (SSSR count). The summed E-state index contributed by atoms with van der Waals surface area (Å²) in [6.45, 7) is 2.12. The summed E-state index contributed by atoms with van der Waals surface area (Å²) < 4.78 is 1.15. The van der Waals surface area contributed by atoms with E-state index in [2.05, 4.69) is 52.1 Å². The molecule has 0 heterocycles. The lowest BCUT2D eigenvalue weighted by atomic mass is 10.0. The Morgan fingerprint density at radius 1 is 1.41 bits per heavy atom. The predicted octanol–water partition coefficient (Wildman–Crippen LogP) is 3.01. The Balaban J connectivity index is 1.86. The van der Waals surface area contributed by atoms with Crippen molar-refractivity contribution in [1.29, 1.82) is 0 Å². The number of rotatable bonds is 4. The second-order valence-electron chi connectivity index (χ2n) is 5.18. The van der Waals surface area contributed by atoms with Gasteiger partial charge in [0.2, 0.25) is 0 Å². The highest BCUT2D eigenvalue weighted by Crippen LogP contribution is 2.25. The predicted molar refractivity (Wildman–Crippen MR) is 75.8 cm³/mol. The van der Waals surface area contributed by atoms with Crippen molar-refractivity contribution in [3.8, 4) is 0 Å². The van der Waals surface area contributed by atoms with Gasteiger partial charge in [-0.3, -0.25) is 0 Å². The van der Waals surface area contributed by atoms with Gasteiger partial charge in [-0.2, -0.15) is 0 Å². The largest absolute Gasteiger partial charge is 0.327 e. The first-order chi connectivity index (χ1) is 8.15. The first-order valence-corrected chi connectivity index (χ1v) is 7.13. The van der Waals surface area contributed by atoms with Crippen LogP contribution in [0, 0.1) is 5.92 Å². The molecule has 1 saturated carbocycles. The van der Waals surface area contributed by atoms with Crippen LogP contribution in [0.4, 0.5) is 0 Å². The smallest absolute Gasteiger partial charge is 0.0231 e. The maximum Gasteiger partial charge on any atom is 0.0231 e. The van der Waals surface area contributed by atoms with Crippen molar-refractivity contribution in [1.82, 2.24) is 4.90 Å². The molecule has 2 N–H and O–H groups in total. The number of hydrogen-bond donors (Lipinski definition) is 1. The second-order valence-corrected chi connectivity index (χ2v) is 6.10. The molecule has 94 valence electrons. The summed E-state index contributed by atoms with van der Waals surface area (Å²) in [7, 11) is 2.19. The van der Waals surface area contributed by atoms with Gasteiger partial charge in [0.15, 0.2) is 0 Å². The maximum absolute atomic E-state index is 6.11. The molecule has 2 nitrogen and oxygen atoms in total. The average molecular weight is 297 g/mol. The van der Waals surface area contributed by atoms with Gasteiger partial charge in [0.1, 0.15) is 0 Å². The Morgan fingerprint density at radius 2 is 2.24 bits per heavy atom. The van der Waals surface area contributed by atoms with Gasteiger partial charge in [-0.05, 0) is 43.5 Å². The molecule has 0 aliphatic heterocycles. The second kappa shape index (κ2) is 5.98. The minimum Gasteiger partial charge on any atom is -0.327 e. The summed E-state index contributed by atoms with van der Waals surface area (Å²) in [6.07, 6.45) is 3.80. The molecule has 3 heteroatoms. The van der Waals surface area contributed by atoms with Gasteiger partial charge in [0, 0.05) is 23.6 Å². The molecule has 0 saturated heterocycles. The van der Waals surface area contributed by atoms with Crippen molar-refractivity contribution >= 4 is 15.9 Å². The molecular weight excluding hydrogens is 276 g/mol. The Bertz CT molecular complexity index is 367. The fourth-order valence-electron chi connectivity index (χ4n) is 2.70. The third kappa shape index (κ3) is 3.80. The van der Waals surface area contributed by atoms with Crippen LogP contribution in [-0.2, 0) is 6.54 Å². The van der Waals surface area contributed by atoms with Crippen LogP contribution in [0.5, 0.6) is 0 Å². The van der Waals surface area contributed by atoms with Crippen molar-refractivity contribution in [2.75, 3.05) is 13.6 Å². The van der Waals surface area contributed by atoms with Crippen LogP contribution in [0.1, 0.15) is 24.8 Å². The van der Waals surface area contributed by atoms with E-state index >= 15 is 0 Å². The van der Waals surface area contributed by atoms with Gasteiger partial charge in [0.25, 0.3) is 0 Å². The highest BCUT2D eigenvalue weighted by Gasteiger charge is 2.24. The number of nitrogens with two attached hydrogens (primary N) is 1. The number of halogens is 1. The third-order valence-corrected chi connectivity index (χ3v) is 4.10. The quantitative estimate of drug-likeness (QED) is 0.925. The standard InChI is InChI=1S/C14H21BrN2/c1-17(10-12-5-3-7-14(12)16)9-11-4-2-6-13(15)8-11/h2,4,6,8,12,14H,3,5,7,9-10,16H2,1H3. The molecule has 0 bridgehead atoms. The van der Waals surface area contributed by atoms with E-state index in [4.69, 9.17) is 5.73 Å². The molecule has 2 unspecified atom stereocenters. The SMILES string of the molecule is CN(Cc1cccc(Br)c1)CC1CCCC1N. The van der Waals surface area contributed by atoms with Gasteiger partial charge in [-0.25, -0.2) is 0 Å². The van der Waals surface area contributed by atoms with Crippen LogP contribution in [0.3, 0.4) is 0 Å². The Kier molecular flexibility index (Phi) is 4.60. The molecule has 0 spiro atoms. The Hall–Kier alpha value is -0.380. The summed E-state index contributed by atoms with van der Waals surface area (Å²) >= 11 is 3.51. The molecular formula is C14H21BrN2. The van der Waals surface area contributed by atoms with E-state index in [0.717, 1.165) is 17.6 Å². The van der Waals surface area contributed by atoms with E-state index in [-0.39, 0.29) is 0 Å². The lowest BCUT2D eigenvalue weighted by Crippen LogP contribution is -2.34. The van der Waals surface area contributed by atoms with Crippen LogP contribution in [0.15, 0.2) is 28.7 Å². The monoisotopic (exact) mass is 296 g/mol. The molecule has 17 heavy (non-hydrogen) atoms. The van der Waals surface area contributed by atoms with Crippen LogP contribution < -0.4 is 5.73 Å². The topological polar surface area (TPSA) is 29.3 Å². The highest BCUT2D eigenvalue weighted by molar-refractivity contribution is 9.10. The van der Waals surface area contributed by atoms with Crippen molar-refractivity contribution in [2.24, 2.45) is 11.7 Å². The van der Waals surface area contributed by atoms with Gasteiger partial charge < -0.3 is 10.6 Å². The van der Waals surface area contributed by atoms with E-state index in [1.165, 1.54) is 24.8 Å². The van der Waals surface area contributed by atoms with E-state index in [1.807, 2.05) is 0 Å². The van der Waals surface area contributed by atoms with E-state index in [1.54, 1.807) is 0 Å². The molecule has 1 aliphatic rings. The summed E-state index contributed by atoms with van der Waals surface area (Å²) in [5.74, 6) is 0.687. The summed E-state index contributed by atoms with van der Waals surface area (Å²) in [5.41, 5.74) is 7.47. The molecule has 2 atom stereocenters. The maximum atomic E-state index is 6.11. The Labute approximate surface area is 112 Å². The fraction of sp³-hybridized carbons (Fsp3) is 0.571. The molecule has 1 fully saturated rings. The molecule has 0 radical (unpaired) electrons. The van der Waals surface area contributed by atoms with Crippen LogP contribution in [0.25, 0.3) is 0 Å². The van der Waals surface area contributed by atoms with Crippen LogP contribution >= 0.6 is 15.9 Å². The highest BCUT2D eigenvalue weighted by atomic mass is 79.9. The van der Waals surface area contributed by atoms with Crippen molar-refractivity contribution < 1.29 is 0 Å². The minimum atomic E-state index is 0.417. The van der Waals surface area contributed by atoms with E-state index in [0.29, 0.717) is 12.0 Å². The van der Waals surface area contributed by atoms with Crippen molar-refractivity contribution in [3.63, 3.8) is 0 Å². The van der Waals surface area contributed by atoms with Crippen molar-refractivity contribution in [3.05, 3.63) is 34.3 Å². The average Bonchev–Trinajstić information content (AvgIpc) is 2.64. The van der Waals surface area contributed by atoms with Gasteiger partial charge >= 0.3 is 0 Å². The van der Waals surface area contributed by atoms with Gasteiger partial charge in [-0.15, -0.1) is 0 Å². The lowest BCUT2D eigenvalue weighted by molar-refractivity contribution is 0.259. The molecule has 1 aromatic rings. The van der Waals surface area contributed by atoms with Crippen LogP contribution in [-0.4, -0.2) is 24.5 Å². The minimum absolute atomic E-state index is 0.417. The third-order valence-electron chi connectivity index (χ3n) is 3.61. The zero-order valence-electron chi connectivity index (χ0n) is 10.4. The lowest BCUT2D eigenvalue weighted by Gasteiger charge is -2.23. The molecule has 0 aromatic heterocycles. The van der Waals surface area contributed by atoms with Gasteiger partial charge in [-0.1, -0.05) is 34.5 Å². The zero-order valence-corrected chi connectivity index (χ0v) is 12.0. The molecule has 1 aliphatic carbocycles. The summed E-state index contributed by atoms with van der Waals surface area (Å²) in [6, 6.07) is 8.94. The Morgan fingerprint density at radius 3 is 2.88 bits per heavy atom. The number of nitrogens with zero attached hydrogens (tertiary/aromatic N) is 1. The summed E-state index contributed by atoms with van der Waals surface area (Å²) in [4.78, 5) is 2.39. The molecule has 0 amide bonds. The normalized spacial score (nSPS) is 24.5. The number of benzene rings is 1. The first kappa shape index (κ1) is 13.1. The van der Waals surface area contributed by atoms with E-state index in [9.17, 15) is 0 Å². The number of hydrogen-bond acceptors (Lipinski definition) is 2. The van der Waals surface area contributed by atoms with E-state index < -0.39 is 0 Å².